The lowest BCUT2D eigenvalue weighted by atomic mass is 9.95. The summed E-state index contributed by atoms with van der Waals surface area (Å²) in [7, 11) is 0. The third kappa shape index (κ3) is 3.32. The average Bonchev–Trinajstić information content (AvgIpc) is 3.34. The Morgan fingerprint density at radius 3 is 2.70 bits per heavy atom. The van der Waals surface area contributed by atoms with Gasteiger partial charge >= 0.3 is 0 Å². The summed E-state index contributed by atoms with van der Waals surface area (Å²) in [5.41, 5.74) is 1.46. The van der Waals surface area contributed by atoms with E-state index in [-0.39, 0.29) is 5.91 Å². The number of likely N-dealkylation sites (tertiary alicyclic amines) is 1. The van der Waals surface area contributed by atoms with E-state index in [2.05, 4.69) is 26.7 Å². The molecule has 1 amide bonds. The van der Waals surface area contributed by atoms with Crippen LogP contribution in [0.2, 0.25) is 0 Å². The number of aromatic amines is 1. The number of carbonyl (C=O) groups is 1. The van der Waals surface area contributed by atoms with Gasteiger partial charge in [-0.2, -0.15) is 0 Å². The van der Waals surface area contributed by atoms with Gasteiger partial charge in [-0.15, -0.1) is 10.2 Å². The number of hydrogen-bond donors (Lipinski definition) is 1. The van der Waals surface area contributed by atoms with Gasteiger partial charge < -0.3 is 14.5 Å². The lowest BCUT2D eigenvalue weighted by Gasteiger charge is -2.31. The predicted octanol–water partition coefficient (Wildman–Crippen LogP) is 3.17. The molecule has 140 valence electrons. The minimum absolute atomic E-state index is 0.00149. The molecule has 8 heteroatoms. The van der Waals surface area contributed by atoms with Crippen LogP contribution in [-0.4, -0.2) is 48.2 Å². The van der Waals surface area contributed by atoms with E-state index in [0.717, 1.165) is 30.9 Å². The summed E-state index contributed by atoms with van der Waals surface area (Å²) in [6, 6.07) is 9.72. The molecule has 1 N–H and O–H groups in total. The molecule has 0 unspecified atom stereocenters. The van der Waals surface area contributed by atoms with Crippen molar-refractivity contribution in [2.45, 2.75) is 32.2 Å². The SMILES string of the molecule is CCn1cnnc1C1CCN(C(=O)c2c[nH]c(=S)n2-c2ccccc2)CC1. The van der Waals surface area contributed by atoms with Crippen molar-refractivity contribution in [3.8, 4) is 5.69 Å². The number of piperidine rings is 1. The van der Waals surface area contributed by atoms with Crippen LogP contribution in [0.15, 0.2) is 42.9 Å². The number of imidazole rings is 1. The number of hydrogen-bond acceptors (Lipinski definition) is 4. The van der Waals surface area contributed by atoms with Gasteiger partial charge in [0.2, 0.25) is 0 Å². The van der Waals surface area contributed by atoms with Gasteiger partial charge in [0.25, 0.3) is 5.91 Å². The summed E-state index contributed by atoms with van der Waals surface area (Å²) in [5.74, 6) is 1.37. The van der Waals surface area contributed by atoms with Crippen LogP contribution in [0.1, 0.15) is 42.0 Å². The van der Waals surface area contributed by atoms with Crippen molar-refractivity contribution in [3.63, 3.8) is 0 Å². The Morgan fingerprint density at radius 1 is 1.26 bits per heavy atom. The lowest BCUT2D eigenvalue weighted by molar-refractivity contribution is 0.0702. The third-order valence-electron chi connectivity index (χ3n) is 5.14. The Balaban J connectivity index is 1.52. The van der Waals surface area contributed by atoms with Crippen molar-refractivity contribution < 1.29 is 4.79 Å². The minimum Gasteiger partial charge on any atom is -0.337 e. The van der Waals surface area contributed by atoms with Gasteiger partial charge in [0.05, 0.1) is 0 Å². The lowest BCUT2D eigenvalue weighted by Crippen LogP contribution is -2.39. The number of nitrogens with one attached hydrogen (secondary N) is 1. The van der Waals surface area contributed by atoms with E-state index in [9.17, 15) is 4.79 Å². The van der Waals surface area contributed by atoms with Crippen molar-refractivity contribution in [2.24, 2.45) is 0 Å². The third-order valence-corrected chi connectivity index (χ3v) is 5.44. The number of aryl methyl sites for hydroxylation is 1. The molecule has 0 atom stereocenters. The van der Waals surface area contributed by atoms with E-state index in [1.165, 1.54) is 0 Å². The smallest absolute Gasteiger partial charge is 0.272 e. The first-order valence-corrected chi connectivity index (χ1v) is 9.62. The van der Waals surface area contributed by atoms with Gasteiger partial charge in [-0.05, 0) is 44.1 Å². The van der Waals surface area contributed by atoms with Crippen LogP contribution in [0.25, 0.3) is 5.69 Å². The van der Waals surface area contributed by atoms with Gasteiger partial charge in [-0.3, -0.25) is 9.36 Å². The minimum atomic E-state index is 0.00149. The molecule has 3 heterocycles. The molecule has 1 saturated heterocycles. The van der Waals surface area contributed by atoms with Gasteiger partial charge in [-0.25, -0.2) is 0 Å². The van der Waals surface area contributed by atoms with Crippen molar-refractivity contribution in [1.82, 2.24) is 29.2 Å². The van der Waals surface area contributed by atoms with Gasteiger partial charge in [0, 0.05) is 37.4 Å². The first-order valence-electron chi connectivity index (χ1n) is 9.22. The van der Waals surface area contributed by atoms with E-state index < -0.39 is 0 Å². The van der Waals surface area contributed by atoms with E-state index in [0.29, 0.717) is 29.5 Å². The highest BCUT2D eigenvalue weighted by atomic mass is 32.1. The molecule has 7 nitrogen and oxygen atoms in total. The number of H-pyrrole nitrogens is 1. The quantitative estimate of drug-likeness (QED) is 0.704. The zero-order chi connectivity index (χ0) is 18.8. The highest BCUT2D eigenvalue weighted by Crippen LogP contribution is 2.27. The molecular formula is C19H22N6OS. The van der Waals surface area contributed by atoms with Crippen LogP contribution in [0.3, 0.4) is 0 Å². The summed E-state index contributed by atoms with van der Waals surface area (Å²) < 4.78 is 4.41. The molecule has 3 aromatic rings. The van der Waals surface area contributed by atoms with Crippen molar-refractivity contribution in [3.05, 3.63) is 59.1 Å². The fourth-order valence-electron chi connectivity index (χ4n) is 3.69. The molecule has 0 radical (unpaired) electrons. The standard InChI is InChI=1S/C19H22N6OS/c1-2-23-13-21-22-17(23)14-8-10-24(11-9-14)18(26)16-12-20-19(27)25(16)15-6-4-3-5-7-15/h3-7,12-14H,2,8-11H2,1H3,(H,20,27). The van der Waals surface area contributed by atoms with Crippen LogP contribution in [0.5, 0.6) is 0 Å². The largest absolute Gasteiger partial charge is 0.337 e. The molecule has 4 rings (SSSR count). The van der Waals surface area contributed by atoms with Gasteiger partial charge in [0.1, 0.15) is 17.8 Å². The van der Waals surface area contributed by atoms with Gasteiger partial charge in [-0.1, -0.05) is 18.2 Å². The Labute approximate surface area is 162 Å². The normalized spacial score (nSPS) is 15.2. The number of aromatic nitrogens is 5. The molecule has 0 aliphatic carbocycles. The van der Waals surface area contributed by atoms with Crippen molar-refractivity contribution in [2.75, 3.05) is 13.1 Å². The van der Waals surface area contributed by atoms with Crippen LogP contribution >= 0.6 is 12.2 Å². The van der Waals surface area contributed by atoms with Crippen LogP contribution in [-0.2, 0) is 6.54 Å². The molecule has 1 aromatic carbocycles. The molecule has 2 aromatic heterocycles. The summed E-state index contributed by atoms with van der Waals surface area (Å²) >= 11 is 5.39. The average molecular weight is 382 g/mol. The Bertz CT molecular complexity index is 981. The fraction of sp³-hybridized carbons (Fsp3) is 0.368. The monoisotopic (exact) mass is 382 g/mol. The Morgan fingerprint density at radius 2 is 2.00 bits per heavy atom. The molecule has 1 aliphatic heterocycles. The maximum absolute atomic E-state index is 13.1. The highest BCUT2D eigenvalue weighted by molar-refractivity contribution is 7.71. The molecule has 0 spiro atoms. The van der Waals surface area contributed by atoms with Crippen molar-refractivity contribution >= 4 is 18.1 Å². The molecule has 1 fully saturated rings. The number of benzene rings is 1. The van der Waals surface area contributed by atoms with E-state index in [1.807, 2.05) is 35.2 Å². The first kappa shape index (κ1) is 17.7. The first-order chi connectivity index (χ1) is 13.2. The number of para-hydroxylation sites is 1. The molecule has 1 aliphatic rings. The maximum atomic E-state index is 13.1. The van der Waals surface area contributed by atoms with E-state index in [4.69, 9.17) is 12.2 Å². The Kier molecular flexibility index (Phi) is 4.89. The topological polar surface area (TPSA) is 71.7 Å². The summed E-state index contributed by atoms with van der Waals surface area (Å²) in [6.07, 6.45) is 5.26. The van der Waals surface area contributed by atoms with Gasteiger partial charge in [0.15, 0.2) is 4.77 Å². The fourth-order valence-corrected chi connectivity index (χ4v) is 3.95. The number of rotatable bonds is 4. The number of nitrogens with zero attached hydrogens (tertiary/aromatic N) is 5. The predicted molar refractivity (Wildman–Crippen MR) is 105 cm³/mol. The second kappa shape index (κ2) is 7.48. The van der Waals surface area contributed by atoms with E-state index in [1.54, 1.807) is 17.1 Å². The second-order valence-corrected chi connectivity index (χ2v) is 7.08. The molecule has 0 saturated carbocycles. The summed E-state index contributed by atoms with van der Waals surface area (Å²) in [4.78, 5) is 18.0. The second-order valence-electron chi connectivity index (χ2n) is 6.69. The molecular weight excluding hydrogens is 360 g/mol. The molecule has 27 heavy (non-hydrogen) atoms. The number of amides is 1. The zero-order valence-electron chi connectivity index (χ0n) is 15.2. The summed E-state index contributed by atoms with van der Waals surface area (Å²) in [6.45, 7) is 4.36. The highest BCUT2D eigenvalue weighted by Gasteiger charge is 2.28. The van der Waals surface area contributed by atoms with Crippen LogP contribution in [0.4, 0.5) is 0 Å². The zero-order valence-corrected chi connectivity index (χ0v) is 16.0. The maximum Gasteiger partial charge on any atom is 0.272 e. The molecule has 0 bridgehead atoms. The van der Waals surface area contributed by atoms with E-state index >= 15 is 0 Å². The number of carbonyl (C=O) groups excluding carboxylic acids is 1. The Hall–Kier alpha value is -2.74. The van der Waals surface area contributed by atoms with Crippen molar-refractivity contribution in [1.29, 1.82) is 0 Å². The summed E-state index contributed by atoms with van der Waals surface area (Å²) in [5, 5.41) is 8.31. The van der Waals surface area contributed by atoms with Crippen LogP contribution < -0.4 is 0 Å². The van der Waals surface area contributed by atoms with Crippen LogP contribution in [0, 0.1) is 4.77 Å².